The van der Waals surface area contributed by atoms with E-state index in [0.29, 0.717) is 10.7 Å². The van der Waals surface area contributed by atoms with Crippen LogP contribution in [0.4, 0.5) is 21.5 Å². The molecule has 0 amide bonds. The lowest BCUT2D eigenvalue weighted by Gasteiger charge is -2.10. The quantitative estimate of drug-likeness (QED) is 0.668. The molecule has 0 aromatic heterocycles. The van der Waals surface area contributed by atoms with Gasteiger partial charge in [0, 0.05) is 10.7 Å². The van der Waals surface area contributed by atoms with E-state index in [0.717, 1.165) is 11.6 Å². The number of anilines is 2. The minimum absolute atomic E-state index is 0.0929. The van der Waals surface area contributed by atoms with Gasteiger partial charge in [-0.15, -0.1) is 0 Å². The van der Waals surface area contributed by atoms with Crippen molar-refractivity contribution >= 4 is 28.7 Å². The third kappa shape index (κ3) is 2.82. The van der Waals surface area contributed by atoms with Crippen LogP contribution in [-0.2, 0) is 0 Å². The highest BCUT2D eigenvalue weighted by molar-refractivity contribution is 6.30. The van der Waals surface area contributed by atoms with Crippen molar-refractivity contribution < 1.29 is 9.31 Å². The fourth-order valence-electron chi connectivity index (χ4n) is 1.68. The molecule has 0 atom stereocenters. The Bertz CT molecular complexity index is 647. The van der Waals surface area contributed by atoms with Crippen molar-refractivity contribution in [2.75, 3.05) is 5.32 Å². The van der Waals surface area contributed by atoms with Crippen LogP contribution in [0.2, 0.25) is 5.02 Å². The fraction of sp³-hybridized carbons (Fsp3) is 0.0769. The summed E-state index contributed by atoms with van der Waals surface area (Å²) in [5.74, 6) is -0.880. The molecule has 0 unspecified atom stereocenters. The summed E-state index contributed by atoms with van der Waals surface area (Å²) in [4.78, 5) is 10.1. The van der Waals surface area contributed by atoms with E-state index in [-0.39, 0.29) is 5.69 Å². The highest BCUT2D eigenvalue weighted by atomic mass is 35.5. The number of nitro benzene ring substituents is 1. The SMILES string of the molecule is Cc1ccc(Cl)cc1Nc1cccc(F)c1[N+](=O)[O-]. The zero-order valence-electron chi connectivity index (χ0n) is 9.98. The molecule has 0 saturated carbocycles. The van der Waals surface area contributed by atoms with Gasteiger partial charge in [-0.05, 0) is 36.8 Å². The number of para-hydroxylation sites is 1. The first kappa shape index (κ1) is 13.3. The maximum Gasteiger partial charge on any atom is 0.327 e. The molecule has 0 aliphatic rings. The number of aryl methyl sites for hydroxylation is 1. The van der Waals surface area contributed by atoms with Crippen molar-refractivity contribution in [1.29, 1.82) is 0 Å². The molecule has 4 nitrogen and oxygen atoms in total. The van der Waals surface area contributed by atoms with E-state index in [9.17, 15) is 14.5 Å². The van der Waals surface area contributed by atoms with Crippen LogP contribution in [0.15, 0.2) is 36.4 Å². The first-order chi connectivity index (χ1) is 8.99. The van der Waals surface area contributed by atoms with Crippen LogP contribution in [0.5, 0.6) is 0 Å². The molecular formula is C13H10ClFN2O2. The van der Waals surface area contributed by atoms with Crippen LogP contribution in [0, 0.1) is 22.9 Å². The van der Waals surface area contributed by atoms with E-state index in [1.165, 1.54) is 12.1 Å². The molecule has 2 aromatic rings. The normalized spacial score (nSPS) is 10.3. The molecular weight excluding hydrogens is 271 g/mol. The van der Waals surface area contributed by atoms with Crippen molar-refractivity contribution in [2.45, 2.75) is 6.92 Å². The zero-order valence-corrected chi connectivity index (χ0v) is 10.7. The Labute approximate surface area is 114 Å². The number of hydrogen-bond acceptors (Lipinski definition) is 3. The fourth-order valence-corrected chi connectivity index (χ4v) is 1.85. The van der Waals surface area contributed by atoms with Crippen molar-refractivity contribution in [3.05, 3.63) is 62.9 Å². The molecule has 1 N–H and O–H groups in total. The van der Waals surface area contributed by atoms with Crippen LogP contribution in [-0.4, -0.2) is 4.92 Å². The molecule has 98 valence electrons. The molecule has 6 heteroatoms. The van der Waals surface area contributed by atoms with Crippen molar-refractivity contribution in [3.8, 4) is 0 Å². The van der Waals surface area contributed by atoms with Crippen LogP contribution in [0.1, 0.15) is 5.56 Å². The van der Waals surface area contributed by atoms with Gasteiger partial charge in [0.2, 0.25) is 5.82 Å². The summed E-state index contributed by atoms with van der Waals surface area (Å²) in [6.07, 6.45) is 0. The topological polar surface area (TPSA) is 55.2 Å². The van der Waals surface area contributed by atoms with E-state index in [1.54, 1.807) is 18.2 Å². The summed E-state index contributed by atoms with van der Waals surface area (Å²) < 4.78 is 13.5. The molecule has 2 aromatic carbocycles. The second kappa shape index (κ2) is 5.24. The minimum atomic E-state index is -0.880. The third-order valence-corrected chi connectivity index (χ3v) is 2.87. The van der Waals surface area contributed by atoms with E-state index in [4.69, 9.17) is 11.6 Å². The van der Waals surface area contributed by atoms with Crippen LogP contribution in [0.3, 0.4) is 0 Å². The van der Waals surface area contributed by atoms with Gasteiger partial charge in [0.1, 0.15) is 5.69 Å². The van der Waals surface area contributed by atoms with Crippen molar-refractivity contribution in [1.82, 2.24) is 0 Å². The Hall–Kier alpha value is -2.14. The molecule has 0 aliphatic heterocycles. The lowest BCUT2D eigenvalue weighted by Crippen LogP contribution is -2.00. The minimum Gasteiger partial charge on any atom is -0.350 e. The molecule has 2 rings (SSSR count). The number of benzene rings is 2. The highest BCUT2D eigenvalue weighted by Crippen LogP contribution is 2.32. The van der Waals surface area contributed by atoms with Gasteiger partial charge in [0.05, 0.1) is 4.92 Å². The molecule has 0 heterocycles. The van der Waals surface area contributed by atoms with Gasteiger partial charge in [-0.25, -0.2) is 0 Å². The third-order valence-electron chi connectivity index (χ3n) is 2.64. The summed E-state index contributed by atoms with van der Waals surface area (Å²) >= 11 is 5.87. The standard InChI is InChI=1S/C13H10ClFN2O2/c1-8-5-6-9(14)7-12(8)16-11-4-2-3-10(15)13(11)17(18)19/h2-7,16H,1H3. The van der Waals surface area contributed by atoms with Gasteiger partial charge < -0.3 is 5.32 Å². The van der Waals surface area contributed by atoms with Gasteiger partial charge >= 0.3 is 5.69 Å². The number of rotatable bonds is 3. The largest absolute Gasteiger partial charge is 0.350 e. The number of nitro groups is 1. The lowest BCUT2D eigenvalue weighted by molar-refractivity contribution is -0.386. The van der Waals surface area contributed by atoms with Crippen LogP contribution in [0.25, 0.3) is 0 Å². The predicted octanol–water partition coefficient (Wildman–Crippen LogP) is 4.44. The lowest BCUT2D eigenvalue weighted by atomic mass is 10.2. The zero-order chi connectivity index (χ0) is 14.0. The molecule has 0 radical (unpaired) electrons. The molecule has 19 heavy (non-hydrogen) atoms. The summed E-state index contributed by atoms with van der Waals surface area (Å²) in [5.41, 5.74) is 0.960. The Morgan fingerprint density at radius 1 is 1.26 bits per heavy atom. The molecule has 0 spiro atoms. The first-order valence-corrected chi connectivity index (χ1v) is 5.83. The predicted molar refractivity (Wildman–Crippen MR) is 72.5 cm³/mol. The van der Waals surface area contributed by atoms with Crippen molar-refractivity contribution in [3.63, 3.8) is 0 Å². The average molecular weight is 281 g/mol. The Morgan fingerprint density at radius 3 is 2.68 bits per heavy atom. The molecule has 0 bridgehead atoms. The molecule has 0 aliphatic carbocycles. The second-order valence-corrected chi connectivity index (χ2v) is 4.41. The van der Waals surface area contributed by atoms with E-state index < -0.39 is 16.4 Å². The molecule has 0 fully saturated rings. The van der Waals surface area contributed by atoms with Gasteiger partial charge in [-0.2, -0.15) is 4.39 Å². The monoisotopic (exact) mass is 280 g/mol. The smallest absolute Gasteiger partial charge is 0.327 e. The number of nitrogens with one attached hydrogen (secondary N) is 1. The Morgan fingerprint density at radius 2 is 2.00 bits per heavy atom. The summed E-state index contributed by atoms with van der Waals surface area (Å²) in [5, 5.41) is 14.2. The highest BCUT2D eigenvalue weighted by Gasteiger charge is 2.20. The number of halogens is 2. The van der Waals surface area contributed by atoms with E-state index >= 15 is 0 Å². The van der Waals surface area contributed by atoms with Gasteiger partial charge in [0.15, 0.2) is 0 Å². The van der Waals surface area contributed by atoms with Gasteiger partial charge in [-0.1, -0.05) is 23.7 Å². The summed E-state index contributed by atoms with van der Waals surface area (Å²) in [6, 6.07) is 9.02. The second-order valence-electron chi connectivity index (χ2n) is 3.98. The average Bonchev–Trinajstić information content (AvgIpc) is 2.33. The summed E-state index contributed by atoms with van der Waals surface area (Å²) in [6.45, 7) is 1.82. The molecule has 0 saturated heterocycles. The van der Waals surface area contributed by atoms with Crippen LogP contribution < -0.4 is 5.32 Å². The van der Waals surface area contributed by atoms with E-state index in [2.05, 4.69) is 5.32 Å². The maximum absolute atomic E-state index is 13.5. The van der Waals surface area contributed by atoms with Crippen molar-refractivity contribution in [2.24, 2.45) is 0 Å². The number of nitrogens with zero attached hydrogens (tertiary/aromatic N) is 1. The van der Waals surface area contributed by atoms with Gasteiger partial charge in [-0.3, -0.25) is 10.1 Å². The Kier molecular flexibility index (Phi) is 3.66. The Balaban J connectivity index is 2.46. The maximum atomic E-state index is 13.5. The van der Waals surface area contributed by atoms with E-state index in [1.807, 2.05) is 6.92 Å². The first-order valence-electron chi connectivity index (χ1n) is 5.45. The summed E-state index contributed by atoms with van der Waals surface area (Å²) in [7, 11) is 0. The van der Waals surface area contributed by atoms with Crippen LogP contribution >= 0.6 is 11.6 Å². The number of hydrogen-bond donors (Lipinski definition) is 1. The van der Waals surface area contributed by atoms with Gasteiger partial charge in [0.25, 0.3) is 0 Å².